The van der Waals surface area contributed by atoms with Crippen molar-refractivity contribution in [1.82, 2.24) is 9.97 Å². The van der Waals surface area contributed by atoms with Crippen LogP contribution in [0, 0.1) is 0 Å². The van der Waals surface area contributed by atoms with Crippen LogP contribution in [0.5, 0.6) is 0 Å². The molecule has 0 fully saturated rings. The molecule has 0 bridgehead atoms. The van der Waals surface area contributed by atoms with Crippen molar-refractivity contribution >= 4 is 45.6 Å². The van der Waals surface area contributed by atoms with Crippen LogP contribution in [0.4, 0.5) is 5.69 Å². The lowest BCUT2D eigenvalue weighted by atomic mass is 10.2. The maximum atomic E-state index is 12.4. The molecular formula is C19H15N3OS2. The Morgan fingerprint density at radius 3 is 2.88 bits per heavy atom. The average Bonchev–Trinajstić information content (AvgIpc) is 3.28. The Morgan fingerprint density at radius 2 is 2.04 bits per heavy atom. The molecule has 0 aliphatic carbocycles. The number of para-hydroxylation sites is 1. The number of hydrogen-bond donors (Lipinski definition) is 2. The lowest BCUT2D eigenvalue weighted by Gasteiger charge is -2.04. The van der Waals surface area contributed by atoms with Crippen molar-refractivity contribution in [2.24, 2.45) is 0 Å². The summed E-state index contributed by atoms with van der Waals surface area (Å²) in [4.78, 5) is 21.4. The van der Waals surface area contributed by atoms with Gasteiger partial charge in [-0.05, 0) is 36.6 Å². The Balaban J connectivity index is 1.56. The van der Waals surface area contributed by atoms with Crippen molar-refractivity contribution in [3.63, 3.8) is 0 Å². The third-order valence-electron chi connectivity index (χ3n) is 3.82. The topological polar surface area (TPSA) is 57.8 Å². The van der Waals surface area contributed by atoms with E-state index >= 15 is 0 Å². The second-order valence-electron chi connectivity index (χ2n) is 5.49. The number of benzene rings is 2. The predicted octanol–water partition coefficient (Wildman–Crippen LogP) is 5.27. The fraction of sp³-hybridized carbons (Fsp3) is 0.0526. The monoisotopic (exact) mass is 365 g/mol. The van der Waals surface area contributed by atoms with Gasteiger partial charge in [-0.25, -0.2) is 4.98 Å². The predicted molar refractivity (Wildman–Crippen MR) is 106 cm³/mol. The Hall–Kier alpha value is -2.57. The Kier molecular flexibility index (Phi) is 4.29. The first-order valence-electron chi connectivity index (χ1n) is 7.72. The molecule has 4 aromatic rings. The molecule has 0 atom stereocenters. The molecule has 0 aliphatic heterocycles. The SMILES string of the molecule is CSc1cccc(NC(=O)c2csc(-c3cc4ccccc4[nH]3)n2)c1. The normalized spacial score (nSPS) is 10.9. The first kappa shape index (κ1) is 15.9. The van der Waals surface area contributed by atoms with E-state index < -0.39 is 0 Å². The maximum Gasteiger partial charge on any atom is 0.275 e. The highest BCUT2D eigenvalue weighted by molar-refractivity contribution is 7.98. The van der Waals surface area contributed by atoms with Gasteiger partial charge in [-0.3, -0.25) is 4.79 Å². The number of H-pyrrole nitrogens is 1. The minimum atomic E-state index is -0.197. The van der Waals surface area contributed by atoms with E-state index in [9.17, 15) is 4.79 Å². The number of aromatic nitrogens is 2. The number of carbonyl (C=O) groups excluding carboxylic acids is 1. The van der Waals surface area contributed by atoms with Crippen LogP contribution in [0.3, 0.4) is 0 Å². The van der Waals surface area contributed by atoms with Gasteiger partial charge in [0.25, 0.3) is 5.91 Å². The number of thioether (sulfide) groups is 1. The summed E-state index contributed by atoms with van der Waals surface area (Å²) in [6, 6.07) is 17.9. The van der Waals surface area contributed by atoms with Gasteiger partial charge in [-0.2, -0.15) is 0 Å². The van der Waals surface area contributed by atoms with Crippen LogP contribution in [0.25, 0.3) is 21.6 Å². The highest BCUT2D eigenvalue weighted by Crippen LogP contribution is 2.27. The minimum Gasteiger partial charge on any atom is -0.353 e. The summed E-state index contributed by atoms with van der Waals surface area (Å²) in [6.07, 6.45) is 2.01. The molecule has 0 aliphatic rings. The molecule has 0 radical (unpaired) electrons. The lowest BCUT2D eigenvalue weighted by Crippen LogP contribution is -2.12. The van der Waals surface area contributed by atoms with Crippen LogP contribution < -0.4 is 5.32 Å². The quantitative estimate of drug-likeness (QED) is 0.485. The number of rotatable bonds is 4. The second-order valence-corrected chi connectivity index (χ2v) is 7.23. The van der Waals surface area contributed by atoms with Crippen LogP contribution in [-0.2, 0) is 0 Å². The van der Waals surface area contributed by atoms with Crippen molar-refractivity contribution in [3.05, 3.63) is 65.7 Å². The Bertz CT molecular complexity index is 1020. The van der Waals surface area contributed by atoms with Crippen molar-refractivity contribution < 1.29 is 4.79 Å². The first-order chi connectivity index (χ1) is 12.2. The number of nitrogens with one attached hydrogen (secondary N) is 2. The summed E-state index contributed by atoms with van der Waals surface area (Å²) in [6.45, 7) is 0. The third-order valence-corrected chi connectivity index (χ3v) is 5.43. The van der Waals surface area contributed by atoms with Gasteiger partial charge >= 0.3 is 0 Å². The van der Waals surface area contributed by atoms with Gasteiger partial charge in [0.05, 0.1) is 5.69 Å². The van der Waals surface area contributed by atoms with Crippen LogP contribution >= 0.6 is 23.1 Å². The van der Waals surface area contributed by atoms with Crippen molar-refractivity contribution in [2.75, 3.05) is 11.6 Å². The summed E-state index contributed by atoms with van der Waals surface area (Å²) < 4.78 is 0. The van der Waals surface area contributed by atoms with Crippen molar-refractivity contribution in [1.29, 1.82) is 0 Å². The first-order valence-corrected chi connectivity index (χ1v) is 9.82. The summed E-state index contributed by atoms with van der Waals surface area (Å²) >= 11 is 3.10. The molecule has 2 aromatic carbocycles. The van der Waals surface area contributed by atoms with E-state index in [0.717, 1.165) is 32.2 Å². The van der Waals surface area contributed by atoms with Gasteiger partial charge < -0.3 is 10.3 Å². The Morgan fingerprint density at radius 1 is 1.16 bits per heavy atom. The molecule has 2 heterocycles. The standard InChI is InChI=1S/C19H15N3OS2/c1-24-14-7-4-6-13(10-14)20-18(23)17-11-25-19(22-17)16-9-12-5-2-3-8-15(12)21-16/h2-11,21H,1H3,(H,20,23). The minimum absolute atomic E-state index is 0.197. The van der Waals surface area contributed by atoms with Crippen molar-refractivity contribution in [2.45, 2.75) is 4.90 Å². The van der Waals surface area contributed by atoms with Gasteiger partial charge in [0, 0.05) is 26.9 Å². The van der Waals surface area contributed by atoms with Gasteiger partial charge in [0.2, 0.25) is 0 Å². The van der Waals surface area contributed by atoms with E-state index in [1.807, 2.05) is 48.7 Å². The lowest BCUT2D eigenvalue weighted by molar-refractivity contribution is 0.102. The van der Waals surface area contributed by atoms with E-state index in [2.05, 4.69) is 27.4 Å². The fourth-order valence-corrected chi connectivity index (χ4v) is 3.82. The average molecular weight is 365 g/mol. The molecule has 0 spiro atoms. The fourth-order valence-electron chi connectivity index (χ4n) is 2.59. The largest absolute Gasteiger partial charge is 0.353 e. The summed E-state index contributed by atoms with van der Waals surface area (Å²) in [5, 5.41) is 6.63. The molecule has 2 aromatic heterocycles. The van der Waals surface area contributed by atoms with Gasteiger partial charge in [0.1, 0.15) is 10.7 Å². The zero-order chi connectivity index (χ0) is 17.2. The van der Waals surface area contributed by atoms with E-state index in [4.69, 9.17) is 0 Å². The van der Waals surface area contributed by atoms with Crippen LogP contribution in [0.1, 0.15) is 10.5 Å². The van der Waals surface area contributed by atoms with Crippen molar-refractivity contribution in [3.8, 4) is 10.7 Å². The summed E-state index contributed by atoms with van der Waals surface area (Å²) in [5.74, 6) is -0.197. The molecule has 4 nitrogen and oxygen atoms in total. The second kappa shape index (κ2) is 6.74. The molecule has 6 heteroatoms. The number of aromatic amines is 1. The zero-order valence-electron chi connectivity index (χ0n) is 13.4. The number of thiazole rings is 1. The molecule has 4 rings (SSSR count). The molecule has 0 saturated heterocycles. The summed E-state index contributed by atoms with van der Waals surface area (Å²) in [5.41, 5.74) is 3.19. The number of fused-ring (bicyclic) bond motifs is 1. The van der Waals surface area contributed by atoms with E-state index in [1.54, 1.807) is 17.1 Å². The number of hydrogen-bond acceptors (Lipinski definition) is 4. The van der Waals surface area contributed by atoms with Crippen LogP contribution in [-0.4, -0.2) is 22.1 Å². The van der Waals surface area contributed by atoms with Gasteiger partial charge in [0.15, 0.2) is 0 Å². The smallest absolute Gasteiger partial charge is 0.275 e. The van der Waals surface area contributed by atoms with Gasteiger partial charge in [-0.1, -0.05) is 24.3 Å². The van der Waals surface area contributed by atoms with Crippen LogP contribution in [0.15, 0.2) is 64.9 Å². The number of anilines is 1. The molecule has 1 amide bonds. The molecule has 0 saturated carbocycles. The molecule has 0 unspecified atom stereocenters. The molecule has 2 N–H and O–H groups in total. The highest BCUT2D eigenvalue weighted by Gasteiger charge is 2.13. The molecule has 25 heavy (non-hydrogen) atoms. The number of carbonyl (C=O) groups is 1. The molecule has 124 valence electrons. The summed E-state index contributed by atoms with van der Waals surface area (Å²) in [7, 11) is 0. The maximum absolute atomic E-state index is 12.4. The third kappa shape index (κ3) is 3.31. The number of nitrogens with zero attached hydrogens (tertiary/aromatic N) is 1. The van der Waals surface area contributed by atoms with E-state index in [0.29, 0.717) is 5.69 Å². The van der Waals surface area contributed by atoms with Gasteiger partial charge in [-0.15, -0.1) is 23.1 Å². The van der Waals surface area contributed by atoms with Crippen LogP contribution in [0.2, 0.25) is 0 Å². The number of amides is 1. The van der Waals surface area contributed by atoms with E-state index in [1.165, 1.54) is 11.3 Å². The zero-order valence-corrected chi connectivity index (χ0v) is 15.1. The van der Waals surface area contributed by atoms with E-state index in [-0.39, 0.29) is 5.91 Å². The highest BCUT2D eigenvalue weighted by atomic mass is 32.2. The Labute approximate surface area is 153 Å². The molecular weight excluding hydrogens is 350 g/mol.